The molecule has 0 N–H and O–H groups in total. The lowest BCUT2D eigenvalue weighted by molar-refractivity contribution is -0.138. The van der Waals surface area contributed by atoms with Crippen LogP contribution in [0.4, 0.5) is 26.3 Å². The van der Waals surface area contributed by atoms with E-state index in [0.29, 0.717) is 0 Å². The molecule has 0 saturated carbocycles. The maximum Gasteiger partial charge on any atom is 0.416 e. The third kappa shape index (κ3) is 4.91. The summed E-state index contributed by atoms with van der Waals surface area (Å²) < 4.78 is 76.2. The van der Waals surface area contributed by atoms with Gasteiger partial charge in [0.25, 0.3) is 0 Å². The summed E-state index contributed by atoms with van der Waals surface area (Å²) in [5, 5.41) is 0.118. The second kappa shape index (κ2) is 7.27. The van der Waals surface area contributed by atoms with Crippen molar-refractivity contribution in [2.24, 2.45) is 0 Å². The van der Waals surface area contributed by atoms with Gasteiger partial charge in [-0.1, -0.05) is 44.8 Å². The van der Waals surface area contributed by atoms with E-state index in [9.17, 15) is 26.3 Å². The number of benzene rings is 2. The molecule has 0 fully saturated rings. The molecular formula is C14H6Cl2F6S2. The highest BCUT2D eigenvalue weighted by Gasteiger charge is 2.32. The SMILES string of the molecule is FC(F)(F)c1ccc(Cl)c(SSc2cc(C(F)(F)F)ccc2Cl)c1. The molecule has 24 heavy (non-hydrogen) atoms. The molecular weight excluding hydrogens is 417 g/mol. The van der Waals surface area contributed by atoms with Crippen molar-refractivity contribution < 1.29 is 26.3 Å². The molecule has 0 saturated heterocycles. The molecule has 0 aliphatic carbocycles. The van der Waals surface area contributed by atoms with Crippen molar-refractivity contribution in [3.8, 4) is 0 Å². The van der Waals surface area contributed by atoms with Crippen molar-refractivity contribution in [1.82, 2.24) is 0 Å². The minimum atomic E-state index is -4.54. The Kier molecular flexibility index (Phi) is 5.95. The number of rotatable bonds is 3. The lowest BCUT2D eigenvalue weighted by Crippen LogP contribution is -2.04. The Balaban J connectivity index is 2.25. The van der Waals surface area contributed by atoms with Gasteiger partial charge in [-0.15, -0.1) is 0 Å². The molecule has 0 heterocycles. The van der Waals surface area contributed by atoms with Crippen LogP contribution in [0.3, 0.4) is 0 Å². The van der Waals surface area contributed by atoms with Crippen LogP contribution in [0.5, 0.6) is 0 Å². The minimum Gasteiger partial charge on any atom is -0.166 e. The first-order chi connectivity index (χ1) is 11.0. The molecule has 0 aliphatic rings. The zero-order chi connectivity index (χ0) is 18.1. The van der Waals surface area contributed by atoms with Crippen LogP contribution < -0.4 is 0 Å². The van der Waals surface area contributed by atoms with E-state index in [1.54, 1.807) is 0 Å². The van der Waals surface area contributed by atoms with E-state index >= 15 is 0 Å². The highest BCUT2D eigenvalue weighted by molar-refractivity contribution is 8.76. The van der Waals surface area contributed by atoms with Gasteiger partial charge in [0.1, 0.15) is 0 Å². The summed E-state index contributed by atoms with van der Waals surface area (Å²) in [6, 6.07) is 5.49. The van der Waals surface area contributed by atoms with Gasteiger partial charge in [-0.25, -0.2) is 0 Å². The highest BCUT2D eigenvalue weighted by atomic mass is 35.5. The summed E-state index contributed by atoms with van der Waals surface area (Å²) >= 11 is 11.7. The predicted molar refractivity (Wildman–Crippen MR) is 84.6 cm³/mol. The molecule has 0 atom stereocenters. The van der Waals surface area contributed by atoms with Crippen molar-refractivity contribution in [3.63, 3.8) is 0 Å². The van der Waals surface area contributed by atoms with E-state index in [2.05, 4.69) is 0 Å². The maximum atomic E-state index is 12.7. The molecule has 2 rings (SSSR count). The van der Waals surface area contributed by atoms with Crippen LogP contribution in [0.15, 0.2) is 46.2 Å². The van der Waals surface area contributed by atoms with E-state index in [1.807, 2.05) is 0 Å². The number of alkyl halides is 6. The van der Waals surface area contributed by atoms with Gasteiger partial charge in [-0.3, -0.25) is 0 Å². The maximum absolute atomic E-state index is 12.7. The van der Waals surface area contributed by atoms with Crippen molar-refractivity contribution >= 4 is 44.8 Å². The monoisotopic (exact) mass is 422 g/mol. The predicted octanol–water partition coefficient (Wildman–Crippen LogP) is 7.83. The molecule has 10 heteroatoms. The van der Waals surface area contributed by atoms with Gasteiger partial charge >= 0.3 is 12.4 Å². The van der Waals surface area contributed by atoms with Crippen LogP contribution in [0.2, 0.25) is 10.0 Å². The zero-order valence-electron chi connectivity index (χ0n) is 11.3. The molecule has 0 spiro atoms. The molecule has 0 amide bonds. The molecule has 0 aliphatic heterocycles. The molecule has 0 aromatic heterocycles. The summed E-state index contributed by atoms with van der Waals surface area (Å²) in [7, 11) is 1.59. The Morgan fingerprint density at radius 1 is 0.625 bits per heavy atom. The van der Waals surface area contributed by atoms with Gasteiger partial charge in [-0.2, -0.15) is 26.3 Å². The Bertz CT molecular complexity index is 680. The molecule has 2 aromatic rings. The van der Waals surface area contributed by atoms with E-state index in [4.69, 9.17) is 23.2 Å². The van der Waals surface area contributed by atoms with Gasteiger partial charge < -0.3 is 0 Å². The van der Waals surface area contributed by atoms with Crippen LogP contribution in [-0.4, -0.2) is 0 Å². The number of halogens is 8. The third-order valence-corrected chi connectivity index (χ3v) is 6.07. The fourth-order valence-electron chi connectivity index (χ4n) is 1.58. The molecule has 2 aromatic carbocycles. The summed E-state index contributed by atoms with van der Waals surface area (Å²) in [6.07, 6.45) is -9.09. The summed E-state index contributed by atoms with van der Waals surface area (Å²) in [6.45, 7) is 0. The Hall–Kier alpha value is -0.700. The van der Waals surface area contributed by atoms with Crippen LogP contribution >= 0.6 is 44.8 Å². The van der Waals surface area contributed by atoms with Crippen molar-refractivity contribution in [3.05, 3.63) is 57.6 Å². The van der Waals surface area contributed by atoms with Crippen molar-refractivity contribution in [2.45, 2.75) is 22.1 Å². The average molecular weight is 423 g/mol. The summed E-state index contributed by atoms with van der Waals surface area (Å²) in [5.41, 5.74) is -1.80. The summed E-state index contributed by atoms with van der Waals surface area (Å²) in [4.78, 5) is 0.148. The largest absolute Gasteiger partial charge is 0.416 e. The first kappa shape index (κ1) is 19.6. The van der Waals surface area contributed by atoms with Gasteiger partial charge in [0.05, 0.1) is 21.2 Å². The topological polar surface area (TPSA) is 0 Å². The smallest absolute Gasteiger partial charge is 0.166 e. The lowest BCUT2D eigenvalue weighted by Gasteiger charge is -2.12. The Labute approximate surface area is 150 Å². The van der Waals surface area contributed by atoms with Gasteiger partial charge in [0.2, 0.25) is 0 Å². The van der Waals surface area contributed by atoms with Gasteiger partial charge in [-0.05, 0) is 36.4 Å². The van der Waals surface area contributed by atoms with E-state index in [-0.39, 0.29) is 19.8 Å². The van der Waals surface area contributed by atoms with Crippen molar-refractivity contribution in [2.75, 3.05) is 0 Å². The fraction of sp³-hybridized carbons (Fsp3) is 0.143. The molecule has 0 nitrogen and oxygen atoms in total. The molecule has 0 bridgehead atoms. The second-order valence-corrected chi connectivity index (χ2v) is 7.48. The van der Waals surface area contributed by atoms with Crippen LogP contribution in [-0.2, 0) is 12.4 Å². The highest BCUT2D eigenvalue weighted by Crippen LogP contribution is 2.46. The Morgan fingerprint density at radius 2 is 0.958 bits per heavy atom. The lowest BCUT2D eigenvalue weighted by atomic mass is 10.2. The summed E-state index contributed by atoms with van der Waals surface area (Å²) in [5.74, 6) is 0. The van der Waals surface area contributed by atoms with Crippen molar-refractivity contribution in [1.29, 1.82) is 0 Å². The first-order valence-corrected chi connectivity index (χ1v) is 8.97. The number of hydrogen-bond donors (Lipinski definition) is 0. The quantitative estimate of drug-likeness (QED) is 0.365. The standard InChI is InChI=1S/C14H6Cl2F6S2/c15-9-3-1-7(13(17,18)19)5-11(9)23-24-12-6-8(14(20,21)22)2-4-10(12)16/h1-6H. The molecule has 0 radical (unpaired) electrons. The minimum absolute atomic E-state index is 0.0589. The van der Waals surface area contributed by atoms with E-state index in [0.717, 1.165) is 58.0 Å². The van der Waals surface area contributed by atoms with Gasteiger partial charge in [0, 0.05) is 9.79 Å². The second-order valence-electron chi connectivity index (χ2n) is 4.45. The fourth-order valence-corrected chi connectivity index (χ4v) is 4.51. The normalized spacial score (nSPS) is 12.5. The van der Waals surface area contributed by atoms with Crippen LogP contribution in [0, 0.1) is 0 Å². The van der Waals surface area contributed by atoms with E-state index < -0.39 is 23.5 Å². The third-order valence-electron chi connectivity index (χ3n) is 2.74. The number of hydrogen-bond acceptors (Lipinski definition) is 2. The first-order valence-electron chi connectivity index (χ1n) is 6.06. The van der Waals surface area contributed by atoms with Crippen LogP contribution in [0.1, 0.15) is 11.1 Å². The Morgan fingerprint density at radius 3 is 1.25 bits per heavy atom. The average Bonchev–Trinajstić information content (AvgIpc) is 2.45. The zero-order valence-corrected chi connectivity index (χ0v) is 14.4. The molecule has 130 valence electrons. The molecule has 0 unspecified atom stereocenters. The van der Waals surface area contributed by atoms with Gasteiger partial charge in [0.15, 0.2) is 0 Å². The van der Waals surface area contributed by atoms with E-state index in [1.165, 1.54) is 0 Å². The van der Waals surface area contributed by atoms with Crippen LogP contribution in [0.25, 0.3) is 0 Å².